The van der Waals surface area contributed by atoms with Crippen LogP contribution in [0.15, 0.2) is 30.3 Å². The molecule has 3 N–H and O–H groups in total. The third-order valence-electron chi connectivity index (χ3n) is 3.17. The highest BCUT2D eigenvalue weighted by atomic mass is 16.3. The average molecular weight is 265 g/mol. The standard InChI is InChI=1S/C15H23NO3/c1-12(8-9-17)11-16-14(18)10-15(2,19)13-6-4-3-5-7-13/h3-7,12,17,19H,8-11H2,1-2H3,(H,16,18). The molecule has 0 aliphatic carbocycles. The molecule has 0 aliphatic heterocycles. The molecule has 4 heteroatoms. The van der Waals surface area contributed by atoms with Gasteiger partial charge in [0.1, 0.15) is 0 Å². The lowest BCUT2D eigenvalue weighted by Gasteiger charge is -2.23. The van der Waals surface area contributed by atoms with Crippen molar-refractivity contribution in [3.8, 4) is 0 Å². The van der Waals surface area contributed by atoms with Crippen LogP contribution in [0.4, 0.5) is 0 Å². The van der Waals surface area contributed by atoms with E-state index < -0.39 is 5.60 Å². The van der Waals surface area contributed by atoms with Gasteiger partial charge in [0.25, 0.3) is 0 Å². The molecule has 0 spiro atoms. The lowest BCUT2D eigenvalue weighted by Crippen LogP contribution is -2.35. The van der Waals surface area contributed by atoms with Crippen molar-refractivity contribution in [2.24, 2.45) is 5.92 Å². The highest BCUT2D eigenvalue weighted by molar-refractivity contribution is 5.77. The van der Waals surface area contributed by atoms with E-state index in [1.165, 1.54) is 0 Å². The predicted molar refractivity (Wildman–Crippen MR) is 74.5 cm³/mol. The Labute approximate surface area is 114 Å². The second kappa shape index (κ2) is 7.26. The molecule has 1 rings (SSSR count). The van der Waals surface area contributed by atoms with Crippen molar-refractivity contribution < 1.29 is 15.0 Å². The Hall–Kier alpha value is -1.39. The van der Waals surface area contributed by atoms with E-state index in [0.29, 0.717) is 13.0 Å². The second-order valence-corrected chi connectivity index (χ2v) is 5.24. The van der Waals surface area contributed by atoms with E-state index >= 15 is 0 Å². The van der Waals surface area contributed by atoms with Gasteiger partial charge in [-0.1, -0.05) is 37.3 Å². The third-order valence-corrected chi connectivity index (χ3v) is 3.17. The van der Waals surface area contributed by atoms with Crippen molar-refractivity contribution in [1.82, 2.24) is 5.32 Å². The van der Waals surface area contributed by atoms with Gasteiger partial charge in [0.05, 0.1) is 12.0 Å². The summed E-state index contributed by atoms with van der Waals surface area (Å²) in [5.74, 6) is 0.0502. The molecular formula is C15H23NO3. The van der Waals surface area contributed by atoms with Crippen LogP contribution in [-0.2, 0) is 10.4 Å². The number of benzene rings is 1. The van der Waals surface area contributed by atoms with Crippen molar-refractivity contribution in [2.75, 3.05) is 13.2 Å². The van der Waals surface area contributed by atoms with Crippen LogP contribution in [-0.4, -0.2) is 29.3 Å². The van der Waals surface area contributed by atoms with Gasteiger partial charge in [0.15, 0.2) is 0 Å². The summed E-state index contributed by atoms with van der Waals surface area (Å²) >= 11 is 0. The molecule has 0 saturated carbocycles. The first-order valence-electron chi connectivity index (χ1n) is 6.61. The van der Waals surface area contributed by atoms with E-state index in [-0.39, 0.29) is 24.9 Å². The van der Waals surface area contributed by atoms with E-state index in [1.54, 1.807) is 6.92 Å². The van der Waals surface area contributed by atoms with Gasteiger partial charge in [0, 0.05) is 13.2 Å². The van der Waals surface area contributed by atoms with Crippen molar-refractivity contribution in [3.05, 3.63) is 35.9 Å². The quantitative estimate of drug-likeness (QED) is 0.698. The summed E-state index contributed by atoms with van der Waals surface area (Å²) in [6, 6.07) is 9.16. The zero-order chi connectivity index (χ0) is 14.3. The van der Waals surface area contributed by atoms with E-state index in [1.807, 2.05) is 37.3 Å². The summed E-state index contributed by atoms with van der Waals surface area (Å²) in [5.41, 5.74) is -0.431. The van der Waals surface area contributed by atoms with E-state index in [4.69, 9.17) is 5.11 Å². The van der Waals surface area contributed by atoms with Gasteiger partial charge < -0.3 is 15.5 Å². The summed E-state index contributed by atoms with van der Waals surface area (Å²) in [6.07, 6.45) is 0.693. The number of aliphatic hydroxyl groups excluding tert-OH is 1. The maximum atomic E-state index is 11.8. The van der Waals surface area contributed by atoms with Gasteiger partial charge in [-0.2, -0.15) is 0 Å². The van der Waals surface area contributed by atoms with Crippen LogP contribution in [0.1, 0.15) is 32.3 Å². The number of nitrogens with one attached hydrogen (secondary N) is 1. The Balaban J connectivity index is 2.47. The van der Waals surface area contributed by atoms with E-state index in [9.17, 15) is 9.90 Å². The molecule has 0 fully saturated rings. The molecule has 0 saturated heterocycles. The Kier molecular flexibility index (Phi) is 5.99. The molecule has 4 nitrogen and oxygen atoms in total. The molecule has 2 atom stereocenters. The summed E-state index contributed by atoms with van der Waals surface area (Å²) < 4.78 is 0. The fraction of sp³-hybridized carbons (Fsp3) is 0.533. The predicted octanol–water partition coefficient (Wildman–Crippen LogP) is 1.42. The molecule has 2 unspecified atom stereocenters. The smallest absolute Gasteiger partial charge is 0.223 e. The summed E-state index contributed by atoms with van der Waals surface area (Å²) in [7, 11) is 0. The Morgan fingerprint density at radius 3 is 2.58 bits per heavy atom. The molecule has 106 valence electrons. The first kappa shape index (κ1) is 15.7. The molecule has 0 radical (unpaired) electrons. The number of hydrogen-bond acceptors (Lipinski definition) is 3. The van der Waals surface area contributed by atoms with Gasteiger partial charge >= 0.3 is 0 Å². The molecule has 1 amide bonds. The monoisotopic (exact) mass is 265 g/mol. The van der Waals surface area contributed by atoms with Crippen LogP contribution in [0.3, 0.4) is 0 Å². The van der Waals surface area contributed by atoms with Crippen molar-refractivity contribution in [2.45, 2.75) is 32.3 Å². The Bertz CT molecular complexity index is 390. The first-order chi connectivity index (χ1) is 8.95. The van der Waals surface area contributed by atoms with Crippen LogP contribution < -0.4 is 5.32 Å². The van der Waals surface area contributed by atoms with Crippen LogP contribution >= 0.6 is 0 Å². The first-order valence-corrected chi connectivity index (χ1v) is 6.61. The largest absolute Gasteiger partial charge is 0.396 e. The number of aliphatic hydroxyl groups is 2. The SMILES string of the molecule is CC(CCO)CNC(=O)CC(C)(O)c1ccccc1. The zero-order valence-corrected chi connectivity index (χ0v) is 11.6. The van der Waals surface area contributed by atoms with Gasteiger partial charge in [-0.25, -0.2) is 0 Å². The number of carbonyl (C=O) groups is 1. The zero-order valence-electron chi connectivity index (χ0n) is 11.6. The van der Waals surface area contributed by atoms with Crippen molar-refractivity contribution >= 4 is 5.91 Å². The van der Waals surface area contributed by atoms with Crippen LogP contribution in [0.5, 0.6) is 0 Å². The lowest BCUT2D eigenvalue weighted by atomic mass is 9.92. The molecule has 0 heterocycles. The van der Waals surface area contributed by atoms with Crippen molar-refractivity contribution in [1.29, 1.82) is 0 Å². The summed E-state index contributed by atoms with van der Waals surface area (Å²) in [5, 5.41) is 21.9. The summed E-state index contributed by atoms with van der Waals surface area (Å²) in [4.78, 5) is 11.8. The molecule has 0 aromatic heterocycles. The van der Waals surface area contributed by atoms with Crippen molar-refractivity contribution in [3.63, 3.8) is 0 Å². The lowest BCUT2D eigenvalue weighted by molar-refractivity contribution is -0.126. The van der Waals surface area contributed by atoms with Gasteiger partial charge in [-0.05, 0) is 24.8 Å². The molecular weight excluding hydrogens is 242 g/mol. The Morgan fingerprint density at radius 2 is 2.00 bits per heavy atom. The van der Waals surface area contributed by atoms with E-state index in [0.717, 1.165) is 5.56 Å². The van der Waals surface area contributed by atoms with Crippen LogP contribution in [0.25, 0.3) is 0 Å². The molecule has 1 aromatic rings. The highest BCUT2D eigenvalue weighted by Crippen LogP contribution is 2.23. The number of rotatable bonds is 7. The number of carbonyl (C=O) groups excluding carboxylic acids is 1. The fourth-order valence-corrected chi connectivity index (χ4v) is 1.88. The maximum absolute atomic E-state index is 11.8. The molecule has 0 bridgehead atoms. The number of amides is 1. The number of hydrogen-bond donors (Lipinski definition) is 3. The minimum absolute atomic E-state index is 0.0306. The maximum Gasteiger partial charge on any atom is 0.223 e. The minimum atomic E-state index is -1.16. The molecule has 0 aliphatic rings. The van der Waals surface area contributed by atoms with Gasteiger partial charge in [0.2, 0.25) is 5.91 Å². The normalized spacial score (nSPS) is 15.6. The fourth-order valence-electron chi connectivity index (χ4n) is 1.88. The Morgan fingerprint density at radius 1 is 1.37 bits per heavy atom. The van der Waals surface area contributed by atoms with Gasteiger partial charge in [-0.15, -0.1) is 0 Å². The van der Waals surface area contributed by atoms with Gasteiger partial charge in [-0.3, -0.25) is 4.79 Å². The topological polar surface area (TPSA) is 69.6 Å². The molecule has 19 heavy (non-hydrogen) atoms. The molecule has 1 aromatic carbocycles. The average Bonchev–Trinajstić information content (AvgIpc) is 2.37. The minimum Gasteiger partial charge on any atom is -0.396 e. The third kappa shape index (κ3) is 5.41. The summed E-state index contributed by atoms with van der Waals surface area (Å²) in [6.45, 7) is 4.24. The van der Waals surface area contributed by atoms with Crippen LogP contribution in [0.2, 0.25) is 0 Å². The second-order valence-electron chi connectivity index (χ2n) is 5.24. The van der Waals surface area contributed by atoms with E-state index in [2.05, 4.69) is 5.32 Å². The highest BCUT2D eigenvalue weighted by Gasteiger charge is 2.26. The van der Waals surface area contributed by atoms with Crippen LogP contribution in [0, 0.1) is 5.92 Å².